The largest absolute Gasteiger partial charge is 0.481 e. The van der Waals surface area contributed by atoms with E-state index in [0.717, 1.165) is 26.3 Å². The number of hydrogen-bond donors (Lipinski definition) is 2. The van der Waals surface area contributed by atoms with Crippen molar-refractivity contribution < 1.29 is 19.8 Å². The number of likely N-dealkylation sites (N-methyl/N-ethyl adjacent to an activating group) is 1. The lowest BCUT2D eigenvalue weighted by molar-refractivity contribution is -0.144. The number of carboxylic acid groups (broad SMARTS) is 2. The first-order valence-electron chi connectivity index (χ1n) is 9.06. The second-order valence-electron chi connectivity index (χ2n) is 7.29. The van der Waals surface area contributed by atoms with Crippen molar-refractivity contribution >= 4 is 22.8 Å². The van der Waals surface area contributed by atoms with Crippen LogP contribution in [0.3, 0.4) is 0 Å². The molecule has 2 aliphatic rings. The average Bonchev–Trinajstić information content (AvgIpc) is 2.94. The fourth-order valence-corrected chi connectivity index (χ4v) is 4.56. The number of carbonyl (C=O) groups is 2. The number of nitrogens with zero attached hydrogens (tertiary/aromatic N) is 2. The molecule has 26 heavy (non-hydrogen) atoms. The lowest BCUT2D eigenvalue weighted by atomic mass is 9.72. The minimum atomic E-state index is -0.833. The highest BCUT2D eigenvalue weighted by Gasteiger charge is 2.41. The summed E-state index contributed by atoms with van der Waals surface area (Å²) in [6.07, 6.45) is 4.09. The molecule has 0 saturated carbocycles. The van der Waals surface area contributed by atoms with Crippen molar-refractivity contribution in [2.75, 3.05) is 13.6 Å². The van der Waals surface area contributed by atoms with Gasteiger partial charge in [0.15, 0.2) is 0 Å². The van der Waals surface area contributed by atoms with Crippen LogP contribution in [0.2, 0.25) is 0 Å². The summed E-state index contributed by atoms with van der Waals surface area (Å²) < 4.78 is 2.32. The summed E-state index contributed by atoms with van der Waals surface area (Å²) in [4.78, 5) is 22.7. The Hall–Kier alpha value is -2.34. The van der Waals surface area contributed by atoms with Gasteiger partial charge in [0.1, 0.15) is 0 Å². The zero-order valence-electron chi connectivity index (χ0n) is 15.5. The van der Waals surface area contributed by atoms with Crippen molar-refractivity contribution in [2.45, 2.75) is 45.2 Å². The van der Waals surface area contributed by atoms with Gasteiger partial charge in [0.2, 0.25) is 0 Å². The van der Waals surface area contributed by atoms with E-state index in [1.807, 2.05) is 0 Å². The van der Waals surface area contributed by atoms with Crippen LogP contribution in [0.5, 0.6) is 0 Å². The quantitative estimate of drug-likeness (QED) is 0.863. The van der Waals surface area contributed by atoms with Gasteiger partial charge in [-0.15, -0.1) is 0 Å². The normalized spacial score (nSPS) is 24.5. The molecule has 1 aromatic carbocycles. The molecule has 140 valence electrons. The van der Waals surface area contributed by atoms with Gasteiger partial charge in [0.25, 0.3) is 5.97 Å². The second kappa shape index (κ2) is 7.11. The Morgan fingerprint density at radius 1 is 1.27 bits per heavy atom. The number of hydrogen-bond acceptors (Lipinski definition) is 3. The predicted octanol–water partition coefficient (Wildman–Crippen LogP) is 2.80. The maximum Gasteiger partial charge on any atom is 0.307 e. The van der Waals surface area contributed by atoms with E-state index < -0.39 is 11.9 Å². The molecular weight excluding hydrogens is 332 g/mol. The summed E-state index contributed by atoms with van der Waals surface area (Å²) >= 11 is 0. The Morgan fingerprint density at radius 2 is 1.96 bits per heavy atom. The van der Waals surface area contributed by atoms with Gasteiger partial charge in [-0.05, 0) is 44.0 Å². The Kier molecular flexibility index (Phi) is 5.05. The van der Waals surface area contributed by atoms with Crippen LogP contribution >= 0.6 is 0 Å². The number of benzene rings is 1. The zero-order chi connectivity index (χ0) is 19.0. The Balaban J connectivity index is 0.000000447. The predicted molar refractivity (Wildman–Crippen MR) is 99.5 cm³/mol. The molecule has 1 aliphatic carbocycles. The number of fused-ring (bicyclic) bond motifs is 2. The van der Waals surface area contributed by atoms with E-state index in [-0.39, 0.29) is 5.92 Å². The summed E-state index contributed by atoms with van der Waals surface area (Å²) in [7, 11) is 2.08. The van der Waals surface area contributed by atoms with Gasteiger partial charge in [-0.2, -0.15) is 0 Å². The average molecular weight is 358 g/mol. The molecule has 1 aliphatic heterocycles. The van der Waals surface area contributed by atoms with Gasteiger partial charge < -0.3 is 19.7 Å². The van der Waals surface area contributed by atoms with E-state index in [1.165, 1.54) is 22.0 Å². The monoisotopic (exact) mass is 358 g/mol. The van der Waals surface area contributed by atoms with Gasteiger partial charge in [-0.25, -0.2) is 0 Å². The molecule has 2 aromatic rings. The lowest BCUT2D eigenvalue weighted by Crippen LogP contribution is -2.49. The highest BCUT2D eigenvalue weighted by molar-refractivity contribution is 5.89. The highest BCUT2D eigenvalue weighted by atomic mass is 16.4. The second-order valence-corrected chi connectivity index (χ2v) is 7.29. The SMILES string of the molecule is CC(=O)O.CCn1cc2c3c(cccc31)[C@H]1CC(C(=O)O)CN(C)[C@@H]1C2. The van der Waals surface area contributed by atoms with Gasteiger partial charge in [-0.3, -0.25) is 9.59 Å². The van der Waals surface area contributed by atoms with E-state index in [0.29, 0.717) is 18.5 Å². The summed E-state index contributed by atoms with van der Waals surface area (Å²) in [5.41, 5.74) is 4.08. The minimum absolute atomic E-state index is 0.253. The molecule has 0 bridgehead atoms. The summed E-state index contributed by atoms with van der Waals surface area (Å²) in [5.74, 6) is -1.41. The van der Waals surface area contributed by atoms with E-state index >= 15 is 0 Å². The maximum atomic E-state index is 11.5. The fraction of sp³-hybridized carbons (Fsp3) is 0.500. The van der Waals surface area contributed by atoms with Crippen molar-refractivity contribution in [1.29, 1.82) is 0 Å². The maximum absolute atomic E-state index is 11.5. The first-order valence-corrected chi connectivity index (χ1v) is 9.06. The molecule has 1 aromatic heterocycles. The molecule has 6 heteroatoms. The lowest BCUT2D eigenvalue weighted by Gasteiger charge is -2.44. The molecule has 0 radical (unpaired) electrons. The smallest absolute Gasteiger partial charge is 0.307 e. The van der Waals surface area contributed by atoms with E-state index in [4.69, 9.17) is 9.90 Å². The van der Waals surface area contributed by atoms with E-state index in [2.05, 4.69) is 47.8 Å². The Labute approximate surface area is 153 Å². The van der Waals surface area contributed by atoms with Crippen molar-refractivity contribution in [2.24, 2.45) is 5.92 Å². The van der Waals surface area contributed by atoms with Gasteiger partial charge >= 0.3 is 5.97 Å². The number of aryl methyl sites for hydroxylation is 1. The molecule has 2 heterocycles. The number of aromatic nitrogens is 1. The van der Waals surface area contributed by atoms with E-state index in [9.17, 15) is 9.90 Å². The third-order valence-corrected chi connectivity index (χ3v) is 5.61. The third kappa shape index (κ3) is 3.21. The third-order valence-electron chi connectivity index (χ3n) is 5.61. The van der Waals surface area contributed by atoms with Crippen LogP contribution in [0.4, 0.5) is 0 Å². The molecule has 1 unspecified atom stereocenters. The van der Waals surface area contributed by atoms with Crippen molar-refractivity contribution in [3.05, 3.63) is 35.5 Å². The zero-order valence-corrected chi connectivity index (χ0v) is 15.5. The first-order chi connectivity index (χ1) is 12.3. The molecule has 1 saturated heterocycles. The van der Waals surface area contributed by atoms with Crippen LogP contribution in [0.1, 0.15) is 37.3 Å². The summed E-state index contributed by atoms with van der Waals surface area (Å²) in [6, 6.07) is 6.95. The van der Waals surface area contributed by atoms with Crippen LogP contribution in [0.25, 0.3) is 10.9 Å². The number of aliphatic carboxylic acids is 2. The topological polar surface area (TPSA) is 82.8 Å². The van der Waals surface area contributed by atoms with Crippen molar-refractivity contribution in [1.82, 2.24) is 9.47 Å². The molecule has 0 spiro atoms. The Morgan fingerprint density at radius 3 is 2.58 bits per heavy atom. The van der Waals surface area contributed by atoms with Crippen molar-refractivity contribution in [3.8, 4) is 0 Å². The highest BCUT2D eigenvalue weighted by Crippen LogP contribution is 2.44. The molecule has 3 atom stereocenters. The molecular formula is C20H26N2O4. The summed E-state index contributed by atoms with van der Waals surface area (Å²) in [5, 5.41) is 18.2. The number of piperidine rings is 1. The van der Waals surface area contributed by atoms with Gasteiger partial charge in [-0.1, -0.05) is 12.1 Å². The molecule has 0 amide bonds. The van der Waals surface area contributed by atoms with Crippen LogP contribution in [-0.2, 0) is 22.6 Å². The van der Waals surface area contributed by atoms with Crippen LogP contribution in [0.15, 0.2) is 24.4 Å². The van der Waals surface area contributed by atoms with Gasteiger partial charge in [0.05, 0.1) is 5.92 Å². The minimum Gasteiger partial charge on any atom is -0.481 e. The van der Waals surface area contributed by atoms with Crippen LogP contribution in [0, 0.1) is 5.92 Å². The standard InChI is InChI=1S/C18H22N2O2.C2H4O2/c1-3-20-10-11-8-16-14(7-12(18(21)22)9-19(16)2)13-5-4-6-15(20)17(11)13;1-2(3)4/h4-6,10,12,14,16H,3,7-9H2,1-2H3,(H,21,22);1H3,(H,3,4)/t12?,14-,16-;/m1./s1. The van der Waals surface area contributed by atoms with E-state index in [1.54, 1.807) is 0 Å². The van der Waals surface area contributed by atoms with Crippen LogP contribution in [-0.4, -0.2) is 51.3 Å². The summed E-state index contributed by atoms with van der Waals surface area (Å²) in [6.45, 7) is 4.90. The number of rotatable bonds is 2. The molecule has 6 nitrogen and oxygen atoms in total. The van der Waals surface area contributed by atoms with Gasteiger partial charge in [0, 0.05) is 49.1 Å². The van der Waals surface area contributed by atoms with Crippen molar-refractivity contribution in [3.63, 3.8) is 0 Å². The number of carboxylic acids is 2. The Bertz CT molecular complexity index is 838. The molecule has 4 rings (SSSR count). The fourth-order valence-electron chi connectivity index (χ4n) is 4.56. The first kappa shape index (κ1) is 18.5. The molecule has 2 N–H and O–H groups in total. The van der Waals surface area contributed by atoms with Crippen LogP contribution < -0.4 is 0 Å². The number of likely N-dealkylation sites (tertiary alicyclic amines) is 1. The molecule has 1 fully saturated rings.